The molecule has 2 aromatic carbocycles. The van der Waals surface area contributed by atoms with Gasteiger partial charge in [-0.1, -0.05) is 12.1 Å². The molecule has 0 saturated carbocycles. The summed E-state index contributed by atoms with van der Waals surface area (Å²) in [4.78, 5) is 0. The second-order valence-electron chi connectivity index (χ2n) is 4.55. The third-order valence-electron chi connectivity index (χ3n) is 3.15. The van der Waals surface area contributed by atoms with Gasteiger partial charge in [0.15, 0.2) is 0 Å². The number of hydrogen-bond donors (Lipinski definition) is 1. The first kappa shape index (κ1) is 13.3. The predicted molar refractivity (Wildman–Crippen MR) is 77.2 cm³/mol. The molecule has 0 atom stereocenters. The highest BCUT2D eigenvalue weighted by Gasteiger charge is 2.08. The van der Waals surface area contributed by atoms with Gasteiger partial charge in [0.05, 0.1) is 5.69 Å². The van der Waals surface area contributed by atoms with Crippen LogP contribution in [0.3, 0.4) is 0 Å². The predicted octanol–water partition coefficient (Wildman–Crippen LogP) is 3.76. The van der Waals surface area contributed by atoms with Gasteiger partial charge in [0.2, 0.25) is 0 Å². The lowest BCUT2D eigenvalue weighted by Crippen LogP contribution is -2.05. The van der Waals surface area contributed by atoms with Crippen LogP contribution in [0.25, 0.3) is 5.69 Å². The minimum atomic E-state index is -0.550. The summed E-state index contributed by atoms with van der Waals surface area (Å²) in [5.41, 5.74) is 1.67. The molecule has 5 heteroatoms. The molecular weight excluding hydrogens is 272 g/mol. The Kier molecular flexibility index (Phi) is 3.64. The molecule has 0 aliphatic carbocycles. The Morgan fingerprint density at radius 1 is 1.00 bits per heavy atom. The van der Waals surface area contributed by atoms with E-state index in [0.29, 0.717) is 0 Å². The van der Waals surface area contributed by atoms with Gasteiger partial charge in [0.1, 0.15) is 11.6 Å². The zero-order valence-corrected chi connectivity index (χ0v) is 11.1. The van der Waals surface area contributed by atoms with Crippen molar-refractivity contribution in [3.8, 4) is 5.69 Å². The zero-order valence-electron chi connectivity index (χ0n) is 11.1. The molecule has 0 unspecified atom stereocenters. The van der Waals surface area contributed by atoms with Crippen LogP contribution in [0.5, 0.6) is 0 Å². The van der Waals surface area contributed by atoms with Crippen LogP contribution in [0.1, 0.15) is 5.56 Å². The highest BCUT2D eigenvalue weighted by Crippen LogP contribution is 2.17. The molecule has 0 aliphatic rings. The average molecular weight is 285 g/mol. The van der Waals surface area contributed by atoms with Crippen LogP contribution in [0.2, 0.25) is 0 Å². The quantitative estimate of drug-likeness (QED) is 0.791. The maximum Gasteiger partial charge on any atom is 0.131 e. The van der Waals surface area contributed by atoms with E-state index in [-0.39, 0.29) is 12.1 Å². The van der Waals surface area contributed by atoms with Gasteiger partial charge >= 0.3 is 0 Å². The highest BCUT2D eigenvalue weighted by molar-refractivity contribution is 5.51. The van der Waals surface area contributed by atoms with Crippen molar-refractivity contribution >= 4 is 5.69 Å². The maximum atomic E-state index is 13.6. The Hall–Kier alpha value is -2.69. The van der Waals surface area contributed by atoms with Crippen molar-refractivity contribution in [1.82, 2.24) is 9.78 Å². The second-order valence-corrected chi connectivity index (χ2v) is 4.55. The molecule has 0 spiro atoms. The summed E-state index contributed by atoms with van der Waals surface area (Å²) >= 11 is 0. The summed E-state index contributed by atoms with van der Waals surface area (Å²) in [6, 6.07) is 13.2. The highest BCUT2D eigenvalue weighted by atomic mass is 19.1. The van der Waals surface area contributed by atoms with Gasteiger partial charge in [0.25, 0.3) is 0 Å². The lowest BCUT2D eigenvalue weighted by atomic mass is 10.2. The number of anilines is 1. The molecular formula is C16H13F2N3. The topological polar surface area (TPSA) is 29.9 Å². The van der Waals surface area contributed by atoms with Gasteiger partial charge in [0, 0.05) is 30.2 Å². The molecule has 0 bridgehead atoms. The Balaban J connectivity index is 1.78. The molecule has 3 rings (SSSR count). The van der Waals surface area contributed by atoms with Crippen LogP contribution < -0.4 is 5.32 Å². The number of rotatable bonds is 4. The molecule has 1 N–H and O–H groups in total. The summed E-state index contributed by atoms with van der Waals surface area (Å²) in [6.07, 6.45) is 3.52. The van der Waals surface area contributed by atoms with Gasteiger partial charge in [-0.3, -0.25) is 0 Å². The van der Waals surface area contributed by atoms with Gasteiger partial charge in [-0.05, 0) is 36.4 Å². The average Bonchev–Trinajstić information content (AvgIpc) is 3.01. The molecule has 21 heavy (non-hydrogen) atoms. The summed E-state index contributed by atoms with van der Waals surface area (Å²) < 4.78 is 28.8. The lowest BCUT2D eigenvalue weighted by Gasteiger charge is -2.10. The number of halogens is 2. The largest absolute Gasteiger partial charge is 0.381 e. The standard InChI is InChI=1S/C16H13F2N3/c17-15-6-2-7-16(18)14(15)11-19-12-4-1-5-13(10-12)21-9-3-8-20-21/h1-10,19H,11H2. The molecule has 3 nitrogen and oxygen atoms in total. The minimum Gasteiger partial charge on any atom is -0.381 e. The molecule has 106 valence electrons. The molecule has 3 aromatic rings. The summed E-state index contributed by atoms with van der Waals surface area (Å²) in [5.74, 6) is -1.10. The van der Waals surface area contributed by atoms with Crippen molar-refractivity contribution in [3.63, 3.8) is 0 Å². The molecule has 0 radical (unpaired) electrons. The molecule has 1 aromatic heterocycles. The van der Waals surface area contributed by atoms with Crippen molar-refractivity contribution < 1.29 is 8.78 Å². The van der Waals surface area contributed by atoms with E-state index in [1.54, 1.807) is 10.9 Å². The van der Waals surface area contributed by atoms with Crippen LogP contribution in [0, 0.1) is 11.6 Å². The smallest absolute Gasteiger partial charge is 0.131 e. The number of nitrogens with one attached hydrogen (secondary N) is 1. The molecule has 0 fully saturated rings. The first-order valence-electron chi connectivity index (χ1n) is 6.51. The van der Waals surface area contributed by atoms with Crippen LogP contribution >= 0.6 is 0 Å². The summed E-state index contributed by atoms with van der Waals surface area (Å²) in [7, 11) is 0. The lowest BCUT2D eigenvalue weighted by molar-refractivity contribution is 0.560. The van der Waals surface area contributed by atoms with Gasteiger partial charge in [-0.2, -0.15) is 5.10 Å². The normalized spacial score (nSPS) is 10.6. The fourth-order valence-corrected chi connectivity index (χ4v) is 2.07. The van der Waals surface area contributed by atoms with Gasteiger partial charge in [-0.25, -0.2) is 13.5 Å². The SMILES string of the molecule is Fc1cccc(F)c1CNc1cccc(-n2cccn2)c1. The van der Waals surface area contributed by atoms with E-state index < -0.39 is 11.6 Å². The Morgan fingerprint density at radius 3 is 2.48 bits per heavy atom. The van der Waals surface area contributed by atoms with Crippen LogP contribution in [0.4, 0.5) is 14.5 Å². The van der Waals surface area contributed by atoms with E-state index in [4.69, 9.17) is 0 Å². The van der Waals surface area contributed by atoms with E-state index in [9.17, 15) is 8.78 Å². The molecule has 0 amide bonds. The summed E-state index contributed by atoms with van der Waals surface area (Å²) in [5, 5.41) is 7.17. The Morgan fingerprint density at radius 2 is 1.76 bits per heavy atom. The summed E-state index contributed by atoms with van der Waals surface area (Å²) in [6.45, 7) is 0.0844. The van der Waals surface area contributed by atoms with Crippen LogP contribution in [-0.4, -0.2) is 9.78 Å². The number of benzene rings is 2. The zero-order chi connectivity index (χ0) is 14.7. The third-order valence-corrected chi connectivity index (χ3v) is 3.15. The van der Waals surface area contributed by atoms with Crippen molar-refractivity contribution in [2.75, 3.05) is 5.32 Å². The minimum absolute atomic E-state index is 0.0296. The van der Waals surface area contributed by atoms with Crippen LogP contribution in [-0.2, 0) is 6.54 Å². The van der Waals surface area contributed by atoms with E-state index in [0.717, 1.165) is 11.4 Å². The number of hydrogen-bond acceptors (Lipinski definition) is 2. The van der Waals surface area contributed by atoms with Crippen LogP contribution in [0.15, 0.2) is 60.9 Å². The Labute approximate surface area is 120 Å². The maximum absolute atomic E-state index is 13.6. The van der Waals surface area contributed by atoms with E-state index in [1.165, 1.54) is 18.2 Å². The molecule has 0 saturated heterocycles. The fraction of sp³-hybridized carbons (Fsp3) is 0.0625. The van der Waals surface area contributed by atoms with E-state index in [1.807, 2.05) is 36.5 Å². The first-order valence-corrected chi connectivity index (χ1v) is 6.51. The van der Waals surface area contributed by atoms with E-state index >= 15 is 0 Å². The second kappa shape index (κ2) is 5.75. The van der Waals surface area contributed by atoms with Gasteiger partial charge < -0.3 is 5.32 Å². The first-order chi connectivity index (χ1) is 10.2. The van der Waals surface area contributed by atoms with E-state index in [2.05, 4.69) is 10.4 Å². The van der Waals surface area contributed by atoms with Crippen molar-refractivity contribution in [2.45, 2.75) is 6.54 Å². The molecule has 1 heterocycles. The van der Waals surface area contributed by atoms with Crippen molar-refractivity contribution in [3.05, 3.63) is 78.1 Å². The number of nitrogens with zero attached hydrogens (tertiary/aromatic N) is 2. The van der Waals surface area contributed by atoms with Crippen molar-refractivity contribution in [2.24, 2.45) is 0 Å². The number of aromatic nitrogens is 2. The third kappa shape index (κ3) is 2.91. The monoisotopic (exact) mass is 285 g/mol. The Bertz CT molecular complexity index is 719. The molecule has 0 aliphatic heterocycles. The van der Waals surface area contributed by atoms with Gasteiger partial charge in [-0.15, -0.1) is 0 Å². The fourth-order valence-electron chi connectivity index (χ4n) is 2.07. The van der Waals surface area contributed by atoms with Crippen molar-refractivity contribution in [1.29, 1.82) is 0 Å².